The summed E-state index contributed by atoms with van der Waals surface area (Å²) in [6.07, 6.45) is 6.98. The van der Waals surface area contributed by atoms with Gasteiger partial charge in [-0.2, -0.15) is 0 Å². The Morgan fingerprint density at radius 1 is 1.07 bits per heavy atom. The Kier molecular flexibility index (Phi) is 5.20. The molecular weight excluding hydrogens is 390 g/mol. The number of ether oxygens (including phenoxy) is 1. The number of para-hydroxylation sites is 1. The van der Waals surface area contributed by atoms with Gasteiger partial charge in [0.2, 0.25) is 0 Å². The Balaban J connectivity index is 1.76. The van der Waals surface area contributed by atoms with Gasteiger partial charge < -0.3 is 9.30 Å². The van der Waals surface area contributed by atoms with Gasteiger partial charge in [0.1, 0.15) is 5.75 Å². The van der Waals surface area contributed by atoms with Crippen molar-refractivity contribution < 1.29 is 4.74 Å². The third kappa shape index (κ3) is 3.46. The lowest BCUT2D eigenvalue weighted by molar-refractivity contribution is 0.415. The fourth-order valence-electron chi connectivity index (χ4n) is 4.28. The van der Waals surface area contributed by atoms with E-state index >= 15 is 0 Å². The summed E-state index contributed by atoms with van der Waals surface area (Å²) >= 11 is 1.67. The Labute approximate surface area is 180 Å². The molecule has 2 heterocycles. The van der Waals surface area contributed by atoms with Crippen LogP contribution < -0.4 is 9.54 Å². The predicted molar refractivity (Wildman–Crippen MR) is 121 cm³/mol. The van der Waals surface area contributed by atoms with E-state index in [1.807, 2.05) is 30.5 Å². The molecule has 1 unspecified atom stereocenters. The second-order valence-corrected chi connectivity index (χ2v) is 8.24. The van der Waals surface area contributed by atoms with Crippen molar-refractivity contribution in [2.24, 2.45) is 4.99 Å². The van der Waals surface area contributed by atoms with Crippen molar-refractivity contribution in [3.8, 4) is 17.0 Å². The van der Waals surface area contributed by atoms with Crippen molar-refractivity contribution in [1.82, 2.24) is 9.55 Å². The molecule has 4 nitrogen and oxygen atoms in total. The summed E-state index contributed by atoms with van der Waals surface area (Å²) in [5.74, 6) is 0.876. The molecule has 0 N–H and O–H groups in total. The van der Waals surface area contributed by atoms with E-state index in [4.69, 9.17) is 9.73 Å². The monoisotopic (exact) mass is 413 g/mol. The predicted octanol–water partition coefficient (Wildman–Crippen LogP) is 5.78. The van der Waals surface area contributed by atoms with Gasteiger partial charge in [0.15, 0.2) is 4.80 Å². The summed E-state index contributed by atoms with van der Waals surface area (Å²) in [7, 11) is 1.73. The number of hydrogen-bond acceptors (Lipinski definition) is 4. The zero-order valence-electron chi connectivity index (χ0n) is 16.9. The fourth-order valence-corrected chi connectivity index (χ4v) is 5.24. The van der Waals surface area contributed by atoms with Crippen molar-refractivity contribution in [3.05, 3.63) is 94.4 Å². The summed E-state index contributed by atoms with van der Waals surface area (Å²) in [6, 6.07) is 21.2. The summed E-state index contributed by atoms with van der Waals surface area (Å²) in [5, 5.41) is 2.20. The van der Waals surface area contributed by atoms with Crippen LogP contribution in [-0.4, -0.2) is 16.7 Å². The molecule has 0 spiro atoms. The Morgan fingerprint density at radius 3 is 2.80 bits per heavy atom. The Morgan fingerprint density at radius 2 is 1.93 bits per heavy atom. The number of aryl methyl sites for hydroxylation is 1. The van der Waals surface area contributed by atoms with Crippen LogP contribution in [0.15, 0.2) is 83.4 Å². The number of thiazole rings is 1. The van der Waals surface area contributed by atoms with Crippen LogP contribution in [0.25, 0.3) is 11.3 Å². The van der Waals surface area contributed by atoms with Crippen molar-refractivity contribution in [3.63, 3.8) is 0 Å². The van der Waals surface area contributed by atoms with Gasteiger partial charge in [-0.05, 0) is 54.7 Å². The van der Waals surface area contributed by atoms with Crippen LogP contribution in [0.4, 0.5) is 5.69 Å². The summed E-state index contributed by atoms with van der Waals surface area (Å²) < 4.78 is 8.09. The minimum absolute atomic E-state index is 0.247. The van der Waals surface area contributed by atoms with Crippen molar-refractivity contribution >= 4 is 17.0 Å². The molecule has 0 amide bonds. The lowest BCUT2D eigenvalue weighted by Gasteiger charge is -2.28. The van der Waals surface area contributed by atoms with E-state index in [-0.39, 0.29) is 6.04 Å². The van der Waals surface area contributed by atoms with Crippen LogP contribution in [0, 0.1) is 0 Å². The van der Waals surface area contributed by atoms with E-state index in [1.165, 1.54) is 17.5 Å². The maximum atomic E-state index is 5.69. The lowest BCUT2D eigenvalue weighted by Crippen LogP contribution is -2.26. The number of pyridine rings is 1. The number of nitrogens with zero attached hydrogens (tertiary/aromatic N) is 3. The lowest BCUT2D eigenvalue weighted by atomic mass is 9.87. The topological polar surface area (TPSA) is 39.4 Å². The molecule has 2 aromatic heterocycles. The van der Waals surface area contributed by atoms with E-state index in [2.05, 4.69) is 51.3 Å². The number of aromatic nitrogens is 2. The number of rotatable bonds is 4. The normalized spacial score (nSPS) is 16.3. The molecule has 5 rings (SSSR count). The Hall–Kier alpha value is -3.18. The van der Waals surface area contributed by atoms with Crippen LogP contribution in [0.1, 0.15) is 30.0 Å². The molecule has 0 aliphatic heterocycles. The van der Waals surface area contributed by atoms with Crippen molar-refractivity contribution in [1.29, 1.82) is 0 Å². The molecule has 0 fully saturated rings. The summed E-state index contributed by atoms with van der Waals surface area (Å²) in [6.45, 7) is 0. The zero-order chi connectivity index (χ0) is 20.3. The van der Waals surface area contributed by atoms with Crippen LogP contribution in [-0.2, 0) is 6.42 Å². The maximum Gasteiger partial charge on any atom is 0.191 e. The van der Waals surface area contributed by atoms with Crippen LogP contribution in [0.3, 0.4) is 0 Å². The first-order valence-electron chi connectivity index (χ1n) is 10.2. The quantitative estimate of drug-likeness (QED) is 0.425. The molecule has 1 atom stereocenters. The number of fused-ring (bicyclic) bond motifs is 1. The maximum absolute atomic E-state index is 5.69. The summed E-state index contributed by atoms with van der Waals surface area (Å²) in [4.78, 5) is 10.2. The molecule has 0 saturated carbocycles. The average Bonchev–Trinajstić information content (AvgIpc) is 3.22. The molecule has 30 heavy (non-hydrogen) atoms. The molecule has 0 bridgehead atoms. The molecule has 5 heteroatoms. The summed E-state index contributed by atoms with van der Waals surface area (Å²) in [5.41, 5.74) is 5.93. The van der Waals surface area contributed by atoms with E-state index in [9.17, 15) is 0 Å². The molecule has 1 aliphatic rings. The first-order chi connectivity index (χ1) is 14.8. The Bertz CT molecular complexity index is 1230. The van der Waals surface area contributed by atoms with E-state index in [1.54, 1.807) is 24.6 Å². The highest BCUT2D eigenvalue weighted by atomic mass is 32.1. The highest BCUT2D eigenvalue weighted by Gasteiger charge is 2.25. The van der Waals surface area contributed by atoms with E-state index < -0.39 is 0 Å². The molecule has 0 radical (unpaired) electrons. The third-order valence-electron chi connectivity index (χ3n) is 5.64. The van der Waals surface area contributed by atoms with Crippen LogP contribution in [0.5, 0.6) is 5.75 Å². The molecule has 2 aromatic carbocycles. The smallest absolute Gasteiger partial charge is 0.191 e. The van der Waals surface area contributed by atoms with Crippen molar-refractivity contribution in [2.75, 3.05) is 7.11 Å². The number of benzene rings is 2. The van der Waals surface area contributed by atoms with Gasteiger partial charge >= 0.3 is 0 Å². The zero-order valence-corrected chi connectivity index (χ0v) is 17.7. The second kappa shape index (κ2) is 8.28. The molecule has 0 saturated heterocycles. The standard InChI is InChI=1S/C25H23N3OS/c1-29-24-14-5-4-12-21(24)23-17-30-25(27-19-10-7-15-26-16-19)28(23)22-13-6-9-18-8-2-3-11-20(18)22/h2-5,7-8,10-12,14-17,22H,6,9,13H2,1H3. The van der Waals surface area contributed by atoms with Gasteiger partial charge in [-0.25, -0.2) is 4.99 Å². The highest BCUT2D eigenvalue weighted by Crippen LogP contribution is 2.38. The number of methoxy groups -OCH3 is 1. The molecule has 150 valence electrons. The first-order valence-corrected chi connectivity index (χ1v) is 11.1. The first kappa shape index (κ1) is 18.8. The van der Waals surface area contributed by atoms with Gasteiger partial charge in [-0.1, -0.05) is 36.4 Å². The molecular formula is C25H23N3OS. The van der Waals surface area contributed by atoms with Crippen molar-refractivity contribution in [2.45, 2.75) is 25.3 Å². The van der Waals surface area contributed by atoms with Crippen LogP contribution >= 0.6 is 11.3 Å². The molecule has 4 aromatic rings. The van der Waals surface area contributed by atoms with E-state index in [0.29, 0.717) is 0 Å². The third-order valence-corrected chi connectivity index (χ3v) is 6.48. The fraction of sp³-hybridized carbons (Fsp3) is 0.200. The van der Waals surface area contributed by atoms with Gasteiger partial charge in [0, 0.05) is 17.1 Å². The van der Waals surface area contributed by atoms with Gasteiger partial charge in [0.05, 0.1) is 30.7 Å². The van der Waals surface area contributed by atoms with Gasteiger partial charge in [-0.3, -0.25) is 4.98 Å². The van der Waals surface area contributed by atoms with Crippen LogP contribution in [0.2, 0.25) is 0 Å². The second-order valence-electron chi connectivity index (χ2n) is 7.40. The largest absolute Gasteiger partial charge is 0.496 e. The minimum Gasteiger partial charge on any atom is -0.496 e. The highest BCUT2D eigenvalue weighted by molar-refractivity contribution is 7.07. The van der Waals surface area contributed by atoms with E-state index in [0.717, 1.165) is 40.3 Å². The van der Waals surface area contributed by atoms with Gasteiger partial charge in [-0.15, -0.1) is 11.3 Å². The molecule has 1 aliphatic carbocycles. The minimum atomic E-state index is 0.247. The van der Waals surface area contributed by atoms with Gasteiger partial charge in [0.25, 0.3) is 0 Å². The number of hydrogen-bond donors (Lipinski definition) is 0. The average molecular weight is 414 g/mol. The SMILES string of the molecule is COc1ccccc1-c1csc(=Nc2cccnc2)n1C1CCCc2ccccc21.